The monoisotopic (exact) mass is 310 g/mol. The molecular weight excluding hydrogens is 292 g/mol. The van der Waals surface area contributed by atoms with Crippen LogP contribution in [-0.4, -0.2) is 30.2 Å². The Balaban J connectivity index is 1.72. The van der Waals surface area contributed by atoms with E-state index in [9.17, 15) is 4.79 Å². The maximum absolute atomic E-state index is 11.9. The summed E-state index contributed by atoms with van der Waals surface area (Å²) in [5.41, 5.74) is 3.64. The fourth-order valence-corrected chi connectivity index (χ4v) is 2.25. The minimum atomic E-state index is -0.125. The van der Waals surface area contributed by atoms with Gasteiger partial charge in [-0.15, -0.1) is 0 Å². The summed E-state index contributed by atoms with van der Waals surface area (Å²) in [7, 11) is 0. The molecule has 3 aromatic rings. The molecule has 0 atom stereocenters. The molecule has 0 saturated heterocycles. The molecule has 0 radical (unpaired) electrons. The van der Waals surface area contributed by atoms with Crippen molar-refractivity contribution >= 4 is 11.6 Å². The molecule has 3 rings (SSSR count). The van der Waals surface area contributed by atoms with Crippen LogP contribution in [0.4, 0.5) is 5.69 Å². The number of rotatable bonds is 4. The van der Waals surface area contributed by atoms with E-state index in [-0.39, 0.29) is 12.5 Å². The highest BCUT2D eigenvalue weighted by Crippen LogP contribution is 2.14. The van der Waals surface area contributed by atoms with Crippen LogP contribution in [0.3, 0.4) is 0 Å². The van der Waals surface area contributed by atoms with Crippen LogP contribution in [0.5, 0.6) is 0 Å². The predicted molar refractivity (Wildman–Crippen MR) is 86.4 cm³/mol. The molecule has 3 heterocycles. The number of nitrogens with zero attached hydrogens (tertiary/aromatic N) is 5. The van der Waals surface area contributed by atoms with Gasteiger partial charge in [-0.25, -0.2) is 14.6 Å². The molecule has 118 valence electrons. The quantitative estimate of drug-likeness (QED) is 0.800. The highest BCUT2D eigenvalue weighted by molar-refractivity contribution is 5.90. The first-order valence-electron chi connectivity index (χ1n) is 7.30. The van der Waals surface area contributed by atoms with Crippen molar-refractivity contribution in [3.05, 3.63) is 53.9 Å². The van der Waals surface area contributed by atoms with Crippen molar-refractivity contribution in [3.8, 4) is 5.95 Å². The lowest BCUT2D eigenvalue weighted by Crippen LogP contribution is -2.18. The molecular formula is C16H18N6O. The molecule has 0 aliphatic carbocycles. The smallest absolute Gasteiger partial charge is 0.250 e. The SMILES string of the molecule is Cc1nn(-c2ncc(NC(=O)Cn3cccc3)cn2)c(C)c1C. The summed E-state index contributed by atoms with van der Waals surface area (Å²) in [5, 5.41) is 7.20. The third kappa shape index (κ3) is 3.13. The Morgan fingerprint density at radius 1 is 1.13 bits per heavy atom. The van der Waals surface area contributed by atoms with Crippen LogP contribution in [0.25, 0.3) is 5.95 Å². The van der Waals surface area contributed by atoms with Gasteiger partial charge < -0.3 is 9.88 Å². The lowest BCUT2D eigenvalue weighted by molar-refractivity contribution is -0.116. The van der Waals surface area contributed by atoms with Crippen molar-refractivity contribution in [2.45, 2.75) is 27.3 Å². The molecule has 0 aliphatic rings. The second-order valence-corrected chi connectivity index (χ2v) is 5.38. The van der Waals surface area contributed by atoms with Crippen LogP contribution >= 0.6 is 0 Å². The largest absolute Gasteiger partial charge is 0.345 e. The third-order valence-electron chi connectivity index (χ3n) is 3.76. The molecule has 23 heavy (non-hydrogen) atoms. The third-order valence-corrected chi connectivity index (χ3v) is 3.76. The zero-order valence-corrected chi connectivity index (χ0v) is 13.3. The number of hydrogen-bond donors (Lipinski definition) is 1. The summed E-state index contributed by atoms with van der Waals surface area (Å²) in [6.07, 6.45) is 6.85. The van der Waals surface area contributed by atoms with Gasteiger partial charge in [0.1, 0.15) is 6.54 Å². The molecule has 7 heteroatoms. The number of carbonyl (C=O) groups is 1. The molecule has 0 saturated carbocycles. The van der Waals surface area contributed by atoms with E-state index in [1.165, 1.54) is 0 Å². The van der Waals surface area contributed by atoms with Gasteiger partial charge in [0.2, 0.25) is 5.91 Å². The molecule has 0 spiro atoms. The zero-order chi connectivity index (χ0) is 16.4. The number of anilines is 1. The van der Waals surface area contributed by atoms with Crippen molar-refractivity contribution < 1.29 is 4.79 Å². The summed E-state index contributed by atoms with van der Waals surface area (Å²) in [6, 6.07) is 3.75. The van der Waals surface area contributed by atoms with Crippen LogP contribution < -0.4 is 5.32 Å². The number of carbonyl (C=O) groups excluding carboxylic acids is 1. The number of nitrogens with one attached hydrogen (secondary N) is 1. The molecule has 0 aromatic carbocycles. The first-order valence-corrected chi connectivity index (χ1v) is 7.30. The van der Waals surface area contributed by atoms with Crippen LogP contribution in [0.2, 0.25) is 0 Å². The van der Waals surface area contributed by atoms with E-state index in [4.69, 9.17) is 0 Å². The van der Waals surface area contributed by atoms with Gasteiger partial charge in [0.15, 0.2) is 0 Å². The lowest BCUT2D eigenvalue weighted by Gasteiger charge is -2.07. The zero-order valence-electron chi connectivity index (χ0n) is 13.3. The number of hydrogen-bond acceptors (Lipinski definition) is 4. The maximum atomic E-state index is 11.9. The Bertz CT molecular complexity index is 817. The highest BCUT2D eigenvalue weighted by atomic mass is 16.1. The van der Waals surface area contributed by atoms with Gasteiger partial charge in [-0.05, 0) is 38.5 Å². The van der Waals surface area contributed by atoms with Crippen molar-refractivity contribution in [3.63, 3.8) is 0 Å². The normalized spacial score (nSPS) is 10.7. The van der Waals surface area contributed by atoms with Gasteiger partial charge in [-0.3, -0.25) is 4.79 Å². The Morgan fingerprint density at radius 2 is 1.78 bits per heavy atom. The second kappa shape index (κ2) is 6.04. The Morgan fingerprint density at radius 3 is 2.35 bits per heavy atom. The van der Waals surface area contributed by atoms with Gasteiger partial charge in [0, 0.05) is 18.1 Å². The number of aromatic nitrogens is 5. The fourth-order valence-electron chi connectivity index (χ4n) is 2.25. The molecule has 0 unspecified atom stereocenters. The van der Waals surface area contributed by atoms with Gasteiger partial charge >= 0.3 is 0 Å². The fraction of sp³-hybridized carbons (Fsp3) is 0.250. The first kappa shape index (κ1) is 15.0. The van der Waals surface area contributed by atoms with Gasteiger partial charge in [-0.2, -0.15) is 5.10 Å². The van der Waals surface area contributed by atoms with Crippen LogP contribution in [-0.2, 0) is 11.3 Å². The second-order valence-electron chi connectivity index (χ2n) is 5.38. The van der Waals surface area contributed by atoms with E-state index in [2.05, 4.69) is 20.4 Å². The van der Waals surface area contributed by atoms with E-state index in [0.717, 1.165) is 17.0 Å². The minimum absolute atomic E-state index is 0.125. The summed E-state index contributed by atoms with van der Waals surface area (Å²) < 4.78 is 3.50. The topological polar surface area (TPSA) is 77.6 Å². The average Bonchev–Trinajstić information content (AvgIpc) is 3.12. The average molecular weight is 310 g/mol. The van der Waals surface area contributed by atoms with Crippen molar-refractivity contribution in [1.82, 2.24) is 24.3 Å². The van der Waals surface area contributed by atoms with Crippen molar-refractivity contribution in [2.24, 2.45) is 0 Å². The molecule has 7 nitrogen and oxygen atoms in total. The summed E-state index contributed by atoms with van der Waals surface area (Å²) in [6.45, 7) is 6.20. The summed E-state index contributed by atoms with van der Waals surface area (Å²) in [4.78, 5) is 20.5. The molecule has 0 bridgehead atoms. The highest BCUT2D eigenvalue weighted by Gasteiger charge is 2.11. The van der Waals surface area contributed by atoms with E-state index in [0.29, 0.717) is 11.6 Å². The van der Waals surface area contributed by atoms with E-state index < -0.39 is 0 Å². The van der Waals surface area contributed by atoms with Crippen LogP contribution in [0.15, 0.2) is 36.9 Å². The molecule has 0 aliphatic heterocycles. The van der Waals surface area contributed by atoms with E-state index >= 15 is 0 Å². The summed E-state index contributed by atoms with van der Waals surface area (Å²) >= 11 is 0. The van der Waals surface area contributed by atoms with Crippen molar-refractivity contribution in [1.29, 1.82) is 0 Å². The van der Waals surface area contributed by atoms with Crippen molar-refractivity contribution in [2.75, 3.05) is 5.32 Å². The molecule has 1 N–H and O–H groups in total. The van der Waals surface area contributed by atoms with Crippen LogP contribution in [0.1, 0.15) is 17.0 Å². The Labute approximate surface area is 134 Å². The summed E-state index contributed by atoms with van der Waals surface area (Å²) in [5.74, 6) is 0.363. The van der Waals surface area contributed by atoms with Gasteiger partial charge in [0.25, 0.3) is 5.95 Å². The van der Waals surface area contributed by atoms with Gasteiger partial charge in [0.05, 0.1) is 23.8 Å². The Hall–Kier alpha value is -2.96. The predicted octanol–water partition coefficient (Wildman–Crippen LogP) is 2.03. The Kier molecular flexibility index (Phi) is 3.92. The van der Waals surface area contributed by atoms with E-state index in [1.807, 2.05) is 45.3 Å². The number of aryl methyl sites for hydroxylation is 1. The standard InChI is InChI=1S/C16H18N6O/c1-11-12(2)20-22(13(11)3)16-17-8-14(9-18-16)19-15(23)10-21-6-4-5-7-21/h4-9H,10H2,1-3H3,(H,19,23). The lowest BCUT2D eigenvalue weighted by atomic mass is 10.2. The van der Waals surface area contributed by atoms with E-state index in [1.54, 1.807) is 21.6 Å². The molecule has 1 amide bonds. The molecule has 0 fully saturated rings. The van der Waals surface area contributed by atoms with Crippen LogP contribution in [0, 0.1) is 20.8 Å². The minimum Gasteiger partial charge on any atom is -0.345 e. The first-order chi connectivity index (χ1) is 11.0. The number of amides is 1. The van der Waals surface area contributed by atoms with Gasteiger partial charge in [-0.1, -0.05) is 0 Å². The molecule has 3 aromatic heterocycles. The maximum Gasteiger partial charge on any atom is 0.250 e.